The predicted molar refractivity (Wildman–Crippen MR) is 117 cm³/mol. The number of nitrogens with zero attached hydrogens (tertiary/aromatic N) is 2. The van der Waals surface area contributed by atoms with Gasteiger partial charge in [0, 0.05) is 36.7 Å². The van der Waals surface area contributed by atoms with E-state index in [4.69, 9.17) is 10.2 Å². The lowest BCUT2D eigenvalue weighted by molar-refractivity contribution is 0.395. The Balaban J connectivity index is 1.68. The van der Waals surface area contributed by atoms with Crippen LogP contribution in [-0.4, -0.2) is 31.0 Å². The molecular weight excluding hydrogens is 420 g/mol. The number of thiazole rings is 1. The molecule has 9 heteroatoms. The van der Waals surface area contributed by atoms with Gasteiger partial charge in [-0.2, -0.15) is 0 Å². The van der Waals surface area contributed by atoms with Crippen LogP contribution >= 0.6 is 11.3 Å². The van der Waals surface area contributed by atoms with Crippen LogP contribution in [0.2, 0.25) is 0 Å². The summed E-state index contributed by atoms with van der Waals surface area (Å²) in [5, 5.41) is 1.06. The van der Waals surface area contributed by atoms with Crippen molar-refractivity contribution in [1.29, 1.82) is 0 Å². The molecule has 1 aliphatic carbocycles. The quantitative estimate of drug-likeness (QED) is 0.573. The van der Waals surface area contributed by atoms with Gasteiger partial charge in [-0.1, -0.05) is 19.1 Å². The Bertz CT molecular complexity index is 1090. The number of nitrogens with two attached hydrogens (primary N) is 1. The van der Waals surface area contributed by atoms with Gasteiger partial charge in [0.05, 0.1) is 21.0 Å². The van der Waals surface area contributed by atoms with Crippen molar-refractivity contribution in [2.75, 3.05) is 6.54 Å². The van der Waals surface area contributed by atoms with Gasteiger partial charge in [-0.3, -0.25) is 0 Å². The predicted octanol–water partition coefficient (Wildman–Crippen LogP) is 3.67. The van der Waals surface area contributed by atoms with E-state index in [9.17, 15) is 8.42 Å². The van der Waals surface area contributed by atoms with Crippen molar-refractivity contribution in [2.24, 2.45) is 5.73 Å². The van der Waals surface area contributed by atoms with Crippen LogP contribution in [0.1, 0.15) is 55.0 Å². The topological polar surface area (TPSA) is 111 Å². The maximum absolute atomic E-state index is 12.9. The molecule has 0 atom stereocenters. The standard InChI is InChI=1S/C21H26N4O3S2/c1-2-25-30(26,27)19-11-14(12-20-23-9-10-28-20)3-8-17(19)18-13-24-21(29-18)15-4-6-16(22)7-5-15/h3,8-11,13,15-16,25H,2,4-7,12,22H2,1H3. The average molecular weight is 447 g/mol. The molecule has 1 aliphatic rings. The number of sulfonamides is 1. The number of rotatable bonds is 7. The first-order chi connectivity index (χ1) is 14.5. The smallest absolute Gasteiger partial charge is 0.241 e. The number of hydrogen-bond acceptors (Lipinski definition) is 7. The van der Waals surface area contributed by atoms with E-state index in [2.05, 4.69) is 14.7 Å². The monoisotopic (exact) mass is 446 g/mol. The van der Waals surface area contributed by atoms with Crippen LogP contribution in [0.3, 0.4) is 0 Å². The molecule has 30 heavy (non-hydrogen) atoms. The van der Waals surface area contributed by atoms with Crippen molar-refractivity contribution >= 4 is 21.4 Å². The van der Waals surface area contributed by atoms with Gasteiger partial charge in [-0.25, -0.2) is 23.1 Å². The largest absolute Gasteiger partial charge is 0.449 e. The molecule has 0 aliphatic heterocycles. The molecule has 0 amide bonds. The van der Waals surface area contributed by atoms with Crippen molar-refractivity contribution in [3.63, 3.8) is 0 Å². The maximum atomic E-state index is 12.9. The summed E-state index contributed by atoms with van der Waals surface area (Å²) in [5.41, 5.74) is 7.52. The summed E-state index contributed by atoms with van der Waals surface area (Å²) < 4.78 is 33.8. The van der Waals surface area contributed by atoms with Crippen molar-refractivity contribution in [2.45, 2.75) is 55.9 Å². The Morgan fingerprint density at radius 2 is 2.03 bits per heavy atom. The second kappa shape index (κ2) is 8.97. The van der Waals surface area contributed by atoms with Crippen LogP contribution in [0.15, 0.2) is 46.2 Å². The highest BCUT2D eigenvalue weighted by molar-refractivity contribution is 7.89. The van der Waals surface area contributed by atoms with E-state index in [1.807, 2.05) is 12.1 Å². The number of aromatic nitrogens is 2. The minimum atomic E-state index is -3.65. The summed E-state index contributed by atoms with van der Waals surface area (Å²) in [4.78, 5) is 9.88. The van der Waals surface area contributed by atoms with Crippen molar-refractivity contribution < 1.29 is 12.8 Å². The molecule has 7 nitrogen and oxygen atoms in total. The fraction of sp³-hybridized carbons (Fsp3) is 0.429. The molecule has 2 aromatic heterocycles. The molecule has 0 spiro atoms. The molecule has 0 radical (unpaired) electrons. The van der Waals surface area contributed by atoms with E-state index in [-0.39, 0.29) is 10.9 Å². The zero-order chi connectivity index (χ0) is 21.1. The third-order valence-electron chi connectivity index (χ3n) is 5.42. The van der Waals surface area contributed by atoms with Gasteiger partial charge in [-0.05, 0) is 37.3 Å². The highest BCUT2D eigenvalue weighted by Crippen LogP contribution is 2.39. The summed E-state index contributed by atoms with van der Waals surface area (Å²) in [7, 11) is -3.65. The molecule has 1 fully saturated rings. The zero-order valence-corrected chi connectivity index (χ0v) is 18.5. The summed E-state index contributed by atoms with van der Waals surface area (Å²) >= 11 is 1.58. The number of nitrogens with one attached hydrogen (secondary N) is 1. The van der Waals surface area contributed by atoms with Gasteiger partial charge in [0.1, 0.15) is 6.26 Å². The molecule has 1 aromatic carbocycles. The summed E-state index contributed by atoms with van der Waals surface area (Å²) in [6.07, 6.45) is 9.40. The van der Waals surface area contributed by atoms with Crippen LogP contribution in [0.4, 0.5) is 0 Å². The molecule has 160 valence electrons. The minimum absolute atomic E-state index is 0.259. The second-order valence-electron chi connectivity index (χ2n) is 7.61. The first kappa shape index (κ1) is 21.2. The molecule has 2 heterocycles. The minimum Gasteiger partial charge on any atom is -0.449 e. The molecule has 0 bridgehead atoms. The van der Waals surface area contributed by atoms with E-state index in [1.54, 1.807) is 36.7 Å². The fourth-order valence-electron chi connectivity index (χ4n) is 3.85. The SMILES string of the molecule is CCNS(=O)(=O)c1cc(Cc2ncco2)ccc1-c1cnc(C2CCC(N)CC2)s1. The lowest BCUT2D eigenvalue weighted by Gasteiger charge is -2.24. The summed E-state index contributed by atoms with van der Waals surface area (Å²) in [5.74, 6) is 0.951. The van der Waals surface area contributed by atoms with Crippen molar-refractivity contribution in [1.82, 2.24) is 14.7 Å². The first-order valence-electron chi connectivity index (χ1n) is 10.2. The second-order valence-corrected chi connectivity index (χ2v) is 10.4. The molecular formula is C21H26N4O3S2. The Kier molecular flexibility index (Phi) is 6.33. The van der Waals surface area contributed by atoms with E-state index >= 15 is 0 Å². The van der Waals surface area contributed by atoms with Crippen molar-refractivity contribution in [3.8, 4) is 10.4 Å². The third kappa shape index (κ3) is 4.64. The molecule has 0 saturated heterocycles. The Morgan fingerprint density at radius 1 is 1.23 bits per heavy atom. The van der Waals surface area contributed by atoms with Crippen LogP contribution in [0.5, 0.6) is 0 Å². The van der Waals surface area contributed by atoms with Gasteiger partial charge < -0.3 is 10.2 Å². The molecule has 3 aromatic rings. The van der Waals surface area contributed by atoms with Crippen LogP contribution in [-0.2, 0) is 16.4 Å². The fourth-order valence-corrected chi connectivity index (χ4v) is 6.35. The molecule has 4 rings (SSSR count). The molecule has 0 unspecified atom stereocenters. The van der Waals surface area contributed by atoms with Gasteiger partial charge >= 0.3 is 0 Å². The number of oxazole rings is 1. The van der Waals surface area contributed by atoms with E-state index in [1.165, 1.54) is 6.26 Å². The zero-order valence-electron chi connectivity index (χ0n) is 16.9. The van der Waals surface area contributed by atoms with Crippen LogP contribution in [0.25, 0.3) is 10.4 Å². The van der Waals surface area contributed by atoms with E-state index in [0.717, 1.165) is 41.1 Å². The Morgan fingerprint density at radius 3 is 2.73 bits per heavy atom. The number of benzene rings is 1. The lowest BCUT2D eigenvalue weighted by Crippen LogP contribution is -2.25. The van der Waals surface area contributed by atoms with Gasteiger partial charge in [-0.15, -0.1) is 11.3 Å². The van der Waals surface area contributed by atoms with Crippen molar-refractivity contribution in [3.05, 3.63) is 53.3 Å². The molecule has 3 N–H and O–H groups in total. The van der Waals surface area contributed by atoms with Crippen LogP contribution < -0.4 is 10.5 Å². The number of hydrogen-bond donors (Lipinski definition) is 2. The van der Waals surface area contributed by atoms with E-state index in [0.29, 0.717) is 30.3 Å². The summed E-state index contributed by atoms with van der Waals surface area (Å²) in [6, 6.07) is 5.77. The molecule has 1 saturated carbocycles. The lowest BCUT2D eigenvalue weighted by atomic mass is 9.87. The van der Waals surface area contributed by atoms with Gasteiger partial charge in [0.15, 0.2) is 5.89 Å². The highest BCUT2D eigenvalue weighted by atomic mass is 32.2. The Labute approximate surface area is 180 Å². The Hall–Kier alpha value is -2.07. The van der Waals surface area contributed by atoms with E-state index < -0.39 is 10.0 Å². The highest BCUT2D eigenvalue weighted by Gasteiger charge is 2.25. The average Bonchev–Trinajstić information content (AvgIpc) is 3.41. The van der Waals surface area contributed by atoms with Crippen LogP contribution in [0, 0.1) is 0 Å². The third-order valence-corrected chi connectivity index (χ3v) is 8.20. The first-order valence-corrected chi connectivity index (χ1v) is 12.5. The maximum Gasteiger partial charge on any atom is 0.241 e. The summed E-state index contributed by atoms with van der Waals surface area (Å²) in [6.45, 7) is 2.09. The normalized spacial score (nSPS) is 19.8. The van der Waals surface area contributed by atoms with Gasteiger partial charge in [0.25, 0.3) is 0 Å². The van der Waals surface area contributed by atoms with Gasteiger partial charge in [0.2, 0.25) is 10.0 Å².